The Balaban J connectivity index is 0.000000687. The molecule has 0 radical (unpaired) electrons. The molecular formula is C22H26N4O3. The van der Waals surface area contributed by atoms with Crippen molar-refractivity contribution >= 4 is 12.1 Å². The van der Waals surface area contributed by atoms with Crippen molar-refractivity contribution < 1.29 is 14.3 Å². The first-order valence-corrected chi connectivity index (χ1v) is 9.07. The van der Waals surface area contributed by atoms with Gasteiger partial charge in [-0.2, -0.15) is 0 Å². The predicted molar refractivity (Wildman–Crippen MR) is 114 cm³/mol. The third-order valence-corrected chi connectivity index (χ3v) is 4.13. The van der Waals surface area contributed by atoms with Gasteiger partial charge >= 0.3 is 0 Å². The van der Waals surface area contributed by atoms with Crippen LogP contribution in [0.3, 0.4) is 0 Å². The molecule has 1 amide bonds. The third-order valence-electron chi connectivity index (χ3n) is 4.13. The Morgan fingerprint density at radius 3 is 2.48 bits per heavy atom. The minimum absolute atomic E-state index is 0.403. The van der Waals surface area contributed by atoms with Crippen LogP contribution in [0.4, 0.5) is 5.69 Å². The molecule has 0 fully saturated rings. The highest BCUT2D eigenvalue weighted by atomic mass is 16.5. The lowest BCUT2D eigenvalue weighted by molar-refractivity contribution is -0.109. The van der Waals surface area contributed by atoms with E-state index in [1.54, 1.807) is 11.6 Å². The van der Waals surface area contributed by atoms with E-state index in [0.29, 0.717) is 18.9 Å². The molecule has 0 atom stereocenters. The number of nitrogens with zero attached hydrogens (tertiary/aromatic N) is 1. The largest absolute Gasteiger partial charge is 0.489 e. The lowest BCUT2D eigenvalue weighted by atomic mass is 10.1. The summed E-state index contributed by atoms with van der Waals surface area (Å²) in [5, 5.41) is 3.22. The first-order valence-electron chi connectivity index (χ1n) is 9.07. The Labute approximate surface area is 170 Å². The number of aryl methyl sites for hydroxylation is 2. The minimum Gasteiger partial charge on any atom is -0.489 e. The fourth-order valence-corrected chi connectivity index (χ4v) is 2.65. The van der Waals surface area contributed by atoms with Crippen LogP contribution in [0.2, 0.25) is 0 Å². The number of anilines is 1. The van der Waals surface area contributed by atoms with Gasteiger partial charge in [0, 0.05) is 30.6 Å². The first kappa shape index (κ1) is 21.7. The van der Waals surface area contributed by atoms with Crippen LogP contribution in [0.1, 0.15) is 16.7 Å². The van der Waals surface area contributed by atoms with Crippen LogP contribution < -0.4 is 26.1 Å². The zero-order valence-corrected chi connectivity index (χ0v) is 16.8. The van der Waals surface area contributed by atoms with Crippen molar-refractivity contribution in [1.82, 2.24) is 10.4 Å². The van der Waals surface area contributed by atoms with Crippen molar-refractivity contribution in [2.75, 3.05) is 12.4 Å². The van der Waals surface area contributed by atoms with Crippen LogP contribution >= 0.6 is 0 Å². The number of rotatable bonds is 7. The predicted octanol–water partition coefficient (Wildman–Crippen LogP) is 3.72. The molecule has 29 heavy (non-hydrogen) atoms. The number of carbonyl (C=O) groups is 1. The van der Waals surface area contributed by atoms with Crippen LogP contribution in [0.15, 0.2) is 60.8 Å². The Morgan fingerprint density at radius 1 is 1.07 bits per heavy atom. The molecule has 2 aromatic carbocycles. The molecule has 0 spiro atoms. The summed E-state index contributed by atoms with van der Waals surface area (Å²) in [6.45, 7) is 4.62. The number of amides is 1. The van der Waals surface area contributed by atoms with E-state index in [2.05, 4.69) is 35.2 Å². The highest BCUT2D eigenvalue weighted by Crippen LogP contribution is 2.28. The smallest absolute Gasteiger partial charge is 0.221 e. The molecule has 7 heteroatoms. The quantitative estimate of drug-likeness (QED) is 0.244. The molecule has 152 valence electrons. The number of hydrogen-bond acceptors (Lipinski definition) is 6. The van der Waals surface area contributed by atoms with Crippen LogP contribution in [0.5, 0.6) is 17.4 Å². The Morgan fingerprint density at radius 2 is 1.86 bits per heavy atom. The number of carbonyl (C=O) groups excluding carboxylic acids is 1. The first-order chi connectivity index (χ1) is 14.1. The normalized spacial score (nSPS) is 9.66. The molecule has 1 aromatic heterocycles. The third kappa shape index (κ3) is 6.51. The monoisotopic (exact) mass is 394 g/mol. The van der Waals surface area contributed by atoms with Crippen LogP contribution in [0, 0.1) is 13.8 Å². The lowest BCUT2D eigenvalue weighted by Crippen LogP contribution is -2.18. The van der Waals surface area contributed by atoms with E-state index >= 15 is 0 Å². The van der Waals surface area contributed by atoms with Crippen LogP contribution in [0.25, 0.3) is 0 Å². The van der Waals surface area contributed by atoms with Gasteiger partial charge in [0.05, 0.1) is 0 Å². The second-order valence-electron chi connectivity index (χ2n) is 6.12. The van der Waals surface area contributed by atoms with Crippen molar-refractivity contribution in [3.63, 3.8) is 0 Å². The average molecular weight is 394 g/mol. The molecule has 0 aliphatic rings. The van der Waals surface area contributed by atoms with Crippen molar-refractivity contribution in [2.24, 2.45) is 5.84 Å². The summed E-state index contributed by atoms with van der Waals surface area (Å²) in [6.07, 6.45) is 2.11. The van der Waals surface area contributed by atoms with Crippen molar-refractivity contribution in [1.29, 1.82) is 0 Å². The number of pyridine rings is 1. The summed E-state index contributed by atoms with van der Waals surface area (Å²) in [7, 11) is 1.92. The Bertz CT molecular complexity index is 917. The van der Waals surface area contributed by atoms with Gasteiger partial charge in [-0.3, -0.25) is 10.2 Å². The molecule has 0 aliphatic carbocycles. The standard InChI is InChI=1S/C21H22N2O2.CH4N2O/c1-15-7-6-8-19(22-3)18(15)14-24-20-11-10-17(13-16(20)2)25-21-9-4-5-12-23-21;2-3-1-4/h4-13,22H,14H2,1-3H3;1H,2H2,(H,3,4). The van der Waals surface area contributed by atoms with E-state index in [1.807, 2.05) is 56.4 Å². The minimum atomic E-state index is 0.403. The molecule has 3 aromatic rings. The topological polar surface area (TPSA) is 98.5 Å². The summed E-state index contributed by atoms with van der Waals surface area (Å²) >= 11 is 0. The summed E-state index contributed by atoms with van der Waals surface area (Å²) < 4.78 is 11.8. The highest BCUT2D eigenvalue weighted by molar-refractivity contribution is 5.54. The van der Waals surface area contributed by atoms with Gasteiger partial charge in [-0.15, -0.1) is 0 Å². The van der Waals surface area contributed by atoms with E-state index in [9.17, 15) is 0 Å². The molecule has 0 bridgehead atoms. The lowest BCUT2D eigenvalue weighted by Gasteiger charge is -2.15. The zero-order valence-electron chi connectivity index (χ0n) is 16.8. The maximum atomic E-state index is 8.94. The van der Waals surface area contributed by atoms with Gasteiger partial charge < -0.3 is 14.8 Å². The van der Waals surface area contributed by atoms with Gasteiger partial charge in [-0.05, 0) is 55.3 Å². The SMILES string of the molecule is CNc1cccc(C)c1COc1ccc(Oc2ccccn2)cc1C.NNC=O. The van der Waals surface area contributed by atoms with E-state index < -0.39 is 0 Å². The van der Waals surface area contributed by atoms with Crippen LogP contribution in [-0.2, 0) is 11.4 Å². The summed E-state index contributed by atoms with van der Waals surface area (Å²) in [5.41, 5.74) is 6.23. The van der Waals surface area contributed by atoms with Gasteiger partial charge in [0.1, 0.15) is 18.1 Å². The van der Waals surface area contributed by atoms with Gasteiger partial charge in [0.2, 0.25) is 12.3 Å². The molecule has 0 aliphatic heterocycles. The number of benzene rings is 2. The molecule has 7 nitrogen and oxygen atoms in total. The maximum absolute atomic E-state index is 8.94. The molecule has 0 saturated heterocycles. The fraction of sp³-hybridized carbons (Fsp3) is 0.182. The molecule has 0 saturated carbocycles. The van der Waals surface area contributed by atoms with E-state index in [0.717, 1.165) is 22.7 Å². The second kappa shape index (κ2) is 11.3. The highest BCUT2D eigenvalue weighted by Gasteiger charge is 2.08. The summed E-state index contributed by atoms with van der Waals surface area (Å²) in [6, 6.07) is 17.6. The number of hydrazine groups is 1. The van der Waals surface area contributed by atoms with E-state index in [4.69, 9.17) is 14.3 Å². The Kier molecular flexibility index (Phi) is 8.47. The molecule has 3 rings (SSSR count). The van der Waals surface area contributed by atoms with E-state index in [1.165, 1.54) is 11.1 Å². The van der Waals surface area contributed by atoms with E-state index in [-0.39, 0.29) is 0 Å². The number of aromatic nitrogens is 1. The molecule has 1 heterocycles. The van der Waals surface area contributed by atoms with Gasteiger partial charge in [0.25, 0.3) is 0 Å². The number of ether oxygens (including phenoxy) is 2. The summed E-state index contributed by atoms with van der Waals surface area (Å²) in [5.74, 6) is 6.58. The molecular weight excluding hydrogens is 368 g/mol. The second-order valence-corrected chi connectivity index (χ2v) is 6.12. The number of nitrogens with two attached hydrogens (primary N) is 1. The number of nitrogens with one attached hydrogen (secondary N) is 2. The maximum Gasteiger partial charge on any atom is 0.221 e. The van der Waals surface area contributed by atoms with Crippen molar-refractivity contribution in [2.45, 2.75) is 20.5 Å². The van der Waals surface area contributed by atoms with Gasteiger partial charge in [-0.25, -0.2) is 10.8 Å². The number of hydrogen-bond donors (Lipinski definition) is 3. The van der Waals surface area contributed by atoms with Crippen molar-refractivity contribution in [3.05, 3.63) is 77.5 Å². The fourth-order valence-electron chi connectivity index (χ4n) is 2.65. The zero-order chi connectivity index (χ0) is 21.1. The molecule has 0 unspecified atom stereocenters. The summed E-state index contributed by atoms with van der Waals surface area (Å²) in [4.78, 5) is 13.1. The Hall–Kier alpha value is -3.58. The van der Waals surface area contributed by atoms with Gasteiger partial charge in [-0.1, -0.05) is 18.2 Å². The average Bonchev–Trinajstić information content (AvgIpc) is 2.74. The van der Waals surface area contributed by atoms with Crippen molar-refractivity contribution in [3.8, 4) is 17.4 Å². The van der Waals surface area contributed by atoms with Gasteiger partial charge in [0.15, 0.2) is 0 Å². The van der Waals surface area contributed by atoms with Crippen LogP contribution in [-0.4, -0.2) is 18.4 Å². The molecule has 4 N–H and O–H groups in total.